The van der Waals surface area contributed by atoms with Crippen LogP contribution in [0.25, 0.3) is 0 Å². The molecule has 2 N–H and O–H groups in total. The predicted molar refractivity (Wildman–Crippen MR) is 26.6 cm³/mol. The second-order valence-electron chi connectivity index (χ2n) is 1.09. The average molecular weight is 99.9 g/mol. The van der Waals surface area contributed by atoms with Gasteiger partial charge in [-0.1, -0.05) is 13.2 Å². The van der Waals surface area contributed by atoms with Gasteiger partial charge < -0.3 is 0 Å². The van der Waals surface area contributed by atoms with Gasteiger partial charge in [0, 0.05) is 0 Å². The van der Waals surface area contributed by atoms with Crippen molar-refractivity contribution in [2.45, 2.75) is 13.2 Å². The summed E-state index contributed by atoms with van der Waals surface area (Å²) in [5.74, 6) is -0.442. The Kier molecular flexibility index (Phi) is 3.41. The van der Waals surface area contributed by atoms with Crippen LogP contribution in [0.5, 0.6) is 0 Å². The first-order valence-corrected chi connectivity index (χ1v) is 2.08. The zero-order valence-electron chi connectivity index (χ0n) is 4.14. The van der Waals surface area contributed by atoms with E-state index in [2.05, 4.69) is 0 Å². The quantitative estimate of drug-likeness (QED) is 0.296. The van der Waals surface area contributed by atoms with Crippen LogP contribution in [-0.2, 0) is 0 Å². The summed E-state index contributed by atoms with van der Waals surface area (Å²) in [6, 6.07) is 0. The number of rotatable bonds is 2. The summed E-state index contributed by atoms with van der Waals surface area (Å²) in [6.45, 7) is 1.81. The molecule has 0 rings (SSSR count). The average Bonchev–Trinajstić information content (AvgIpc) is 1.68. The zero-order valence-corrected chi connectivity index (χ0v) is 4.14. The van der Waals surface area contributed by atoms with Gasteiger partial charge in [0.25, 0.3) is 0 Å². The SMILES string of the molecule is CC[B]C(=O)NO. The molecule has 0 aliphatic heterocycles. The molecular weight excluding hydrogens is 92.8 g/mol. The van der Waals surface area contributed by atoms with Crippen LogP contribution < -0.4 is 5.48 Å². The summed E-state index contributed by atoms with van der Waals surface area (Å²) in [4.78, 5) is 10.00. The van der Waals surface area contributed by atoms with Crippen molar-refractivity contribution in [2.24, 2.45) is 0 Å². The van der Waals surface area contributed by atoms with E-state index in [9.17, 15) is 4.79 Å². The lowest BCUT2D eigenvalue weighted by Gasteiger charge is -1.88. The first kappa shape index (κ1) is 6.49. The smallest absolute Gasteiger partial charge is 0.235 e. The molecule has 1 radical (unpaired) electrons. The topological polar surface area (TPSA) is 49.3 Å². The van der Waals surface area contributed by atoms with E-state index in [1.54, 1.807) is 0 Å². The third-order valence-electron chi connectivity index (χ3n) is 0.500. The van der Waals surface area contributed by atoms with Crippen molar-refractivity contribution in [2.75, 3.05) is 0 Å². The number of amides is 1. The van der Waals surface area contributed by atoms with E-state index >= 15 is 0 Å². The molecule has 0 aromatic rings. The molecular formula is C3H7BNO2. The van der Waals surface area contributed by atoms with Crippen molar-refractivity contribution in [1.82, 2.24) is 5.48 Å². The molecule has 1 amide bonds. The fourth-order valence-electron chi connectivity index (χ4n) is 0.231. The van der Waals surface area contributed by atoms with Gasteiger partial charge >= 0.3 is 0 Å². The van der Waals surface area contributed by atoms with Crippen molar-refractivity contribution < 1.29 is 10.0 Å². The van der Waals surface area contributed by atoms with E-state index < -0.39 is 5.81 Å². The number of carbonyl (C=O) groups is 1. The Morgan fingerprint density at radius 3 is 2.71 bits per heavy atom. The van der Waals surface area contributed by atoms with Crippen LogP contribution in [0.1, 0.15) is 6.92 Å². The van der Waals surface area contributed by atoms with Crippen LogP contribution in [0.15, 0.2) is 0 Å². The van der Waals surface area contributed by atoms with E-state index in [-0.39, 0.29) is 0 Å². The minimum Gasteiger partial charge on any atom is -0.289 e. The highest BCUT2D eigenvalue weighted by atomic mass is 16.5. The molecule has 39 valence electrons. The van der Waals surface area contributed by atoms with Gasteiger partial charge in [-0.15, -0.1) is 0 Å². The lowest BCUT2D eigenvalue weighted by atomic mass is 9.75. The van der Waals surface area contributed by atoms with Crippen LogP contribution in [0.2, 0.25) is 6.32 Å². The van der Waals surface area contributed by atoms with E-state index in [1.807, 2.05) is 6.92 Å². The van der Waals surface area contributed by atoms with Crippen LogP contribution in [0.3, 0.4) is 0 Å². The monoisotopic (exact) mass is 100 g/mol. The standard InChI is InChI=1S/C3H7BNO2/c1-2-4-3(6)5-7/h7H,2H2,1H3,(H,5,6). The molecule has 0 heterocycles. The predicted octanol–water partition coefficient (Wildman–Crippen LogP) is 0.228. The fraction of sp³-hybridized carbons (Fsp3) is 0.667. The maximum atomic E-state index is 10.00. The van der Waals surface area contributed by atoms with Crippen molar-refractivity contribution in [3.05, 3.63) is 0 Å². The maximum Gasteiger partial charge on any atom is 0.235 e. The molecule has 0 saturated heterocycles. The number of hydroxylamine groups is 1. The third kappa shape index (κ3) is 3.32. The third-order valence-corrected chi connectivity index (χ3v) is 0.500. The highest BCUT2D eigenvalue weighted by Crippen LogP contribution is 1.72. The lowest BCUT2D eigenvalue weighted by Crippen LogP contribution is -2.22. The molecule has 4 heteroatoms. The van der Waals surface area contributed by atoms with Crippen molar-refractivity contribution in [3.63, 3.8) is 0 Å². The van der Waals surface area contributed by atoms with Gasteiger partial charge in [0.2, 0.25) is 7.28 Å². The molecule has 0 unspecified atom stereocenters. The van der Waals surface area contributed by atoms with Gasteiger partial charge in [-0.2, -0.15) is 0 Å². The van der Waals surface area contributed by atoms with Gasteiger partial charge in [0.15, 0.2) is 5.81 Å². The normalized spacial score (nSPS) is 7.71. The Morgan fingerprint density at radius 1 is 2.00 bits per heavy atom. The van der Waals surface area contributed by atoms with Gasteiger partial charge in [-0.05, 0) is 0 Å². The van der Waals surface area contributed by atoms with Crippen molar-refractivity contribution in [3.8, 4) is 0 Å². The van der Waals surface area contributed by atoms with Gasteiger partial charge in [0.1, 0.15) is 0 Å². The molecule has 0 saturated carbocycles. The first-order chi connectivity index (χ1) is 3.31. The van der Waals surface area contributed by atoms with Gasteiger partial charge in [-0.25, -0.2) is 5.48 Å². The lowest BCUT2D eigenvalue weighted by molar-refractivity contribution is 0.179. The zero-order chi connectivity index (χ0) is 5.70. The molecule has 0 fully saturated rings. The van der Waals surface area contributed by atoms with E-state index in [0.717, 1.165) is 0 Å². The molecule has 0 spiro atoms. The Morgan fingerprint density at radius 2 is 2.57 bits per heavy atom. The molecule has 7 heavy (non-hydrogen) atoms. The number of hydrogen-bond donors (Lipinski definition) is 2. The Balaban J connectivity index is 3.00. The van der Waals surface area contributed by atoms with Crippen LogP contribution in [0.4, 0.5) is 4.79 Å². The fourth-order valence-corrected chi connectivity index (χ4v) is 0.231. The summed E-state index contributed by atoms with van der Waals surface area (Å²) in [7, 11) is 1.35. The number of nitrogens with one attached hydrogen (secondary N) is 1. The van der Waals surface area contributed by atoms with Crippen LogP contribution in [-0.4, -0.2) is 18.3 Å². The van der Waals surface area contributed by atoms with Gasteiger partial charge in [-0.3, -0.25) is 10.0 Å². The summed E-state index contributed by atoms with van der Waals surface area (Å²) >= 11 is 0. The van der Waals surface area contributed by atoms with Gasteiger partial charge in [0.05, 0.1) is 0 Å². The summed E-state index contributed by atoms with van der Waals surface area (Å²) in [5, 5.41) is 7.84. The van der Waals surface area contributed by atoms with Crippen molar-refractivity contribution in [1.29, 1.82) is 0 Å². The molecule has 0 aliphatic carbocycles. The second kappa shape index (κ2) is 3.68. The van der Waals surface area contributed by atoms with Crippen LogP contribution in [0, 0.1) is 0 Å². The first-order valence-electron chi connectivity index (χ1n) is 2.08. The van der Waals surface area contributed by atoms with E-state index in [1.165, 1.54) is 12.8 Å². The van der Waals surface area contributed by atoms with E-state index in [4.69, 9.17) is 5.21 Å². The van der Waals surface area contributed by atoms with Crippen LogP contribution >= 0.6 is 0 Å². The van der Waals surface area contributed by atoms with E-state index in [0.29, 0.717) is 6.32 Å². The molecule has 3 nitrogen and oxygen atoms in total. The minimum atomic E-state index is -0.442. The second-order valence-corrected chi connectivity index (χ2v) is 1.09. The maximum absolute atomic E-state index is 10.00. The van der Waals surface area contributed by atoms with Crippen molar-refractivity contribution >= 4 is 13.1 Å². The highest BCUT2D eigenvalue weighted by molar-refractivity contribution is 6.73. The summed E-state index contributed by atoms with van der Waals surface area (Å²) < 4.78 is 0. The Hall–Kier alpha value is -0.505. The molecule has 0 bridgehead atoms. The summed E-state index contributed by atoms with van der Waals surface area (Å²) in [5.41, 5.74) is 1.47. The summed E-state index contributed by atoms with van der Waals surface area (Å²) in [6.07, 6.45) is 0.645. The molecule has 0 aromatic carbocycles. The number of hydrogen-bond acceptors (Lipinski definition) is 2. The highest BCUT2D eigenvalue weighted by Gasteiger charge is 1.94. The Bertz CT molecular complexity index is 66.0. The Labute approximate surface area is 42.9 Å². The minimum absolute atomic E-state index is 0.442. The molecule has 0 atom stereocenters. The number of carbonyl (C=O) groups excluding carboxylic acids is 1. The largest absolute Gasteiger partial charge is 0.289 e. The molecule has 0 aliphatic rings. The molecule has 0 aromatic heterocycles.